The number of aliphatic hydroxyl groups excluding tert-OH is 1. The van der Waals surface area contributed by atoms with Gasteiger partial charge in [0.25, 0.3) is 5.91 Å². The molecule has 0 unspecified atom stereocenters. The van der Waals surface area contributed by atoms with Crippen LogP contribution in [0.4, 0.5) is 13.2 Å². The maximum Gasteiger partial charge on any atom is 0.405 e. The van der Waals surface area contributed by atoms with Crippen LogP contribution >= 0.6 is 0 Å². The van der Waals surface area contributed by atoms with Crippen LogP contribution in [0.3, 0.4) is 0 Å². The molecule has 1 atom stereocenters. The number of carbonyl (C=O) groups excluding carboxylic acids is 1. The van der Waals surface area contributed by atoms with Crippen molar-refractivity contribution in [2.45, 2.75) is 25.6 Å². The summed E-state index contributed by atoms with van der Waals surface area (Å²) in [7, 11) is 0. The second-order valence-corrected chi connectivity index (χ2v) is 4.17. The second-order valence-electron chi connectivity index (χ2n) is 4.17. The van der Waals surface area contributed by atoms with Crippen LogP contribution in [0.15, 0.2) is 24.3 Å². The first-order valence-electron chi connectivity index (χ1n) is 6.06. The fourth-order valence-electron chi connectivity index (χ4n) is 1.42. The third-order valence-electron chi connectivity index (χ3n) is 2.51. The summed E-state index contributed by atoms with van der Waals surface area (Å²) in [4.78, 5) is 11.1. The molecule has 2 N–H and O–H groups in total. The number of ether oxygens (including phenoxy) is 1. The van der Waals surface area contributed by atoms with Crippen molar-refractivity contribution in [1.82, 2.24) is 5.32 Å². The second kappa shape index (κ2) is 7.14. The molecule has 0 aliphatic carbocycles. The molecule has 1 aromatic rings. The highest BCUT2D eigenvalue weighted by Crippen LogP contribution is 2.19. The Morgan fingerprint density at radius 1 is 1.35 bits per heavy atom. The number of rotatable bonds is 6. The Bertz CT molecular complexity index is 431. The molecule has 0 saturated heterocycles. The molecule has 0 radical (unpaired) electrons. The average molecular weight is 291 g/mol. The van der Waals surface area contributed by atoms with Gasteiger partial charge in [0.05, 0.1) is 6.10 Å². The van der Waals surface area contributed by atoms with Gasteiger partial charge in [-0.25, -0.2) is 0 Å². The molecule has 1 amide bonds. The Morgan fingerprint density at radius 3 is 2.45 bits per heavy atom. The lowest BCUT2D eigenvalue weighted by molar-refractivity contribution is -0.139. The van der Waals surface area contributed by atoms with Crippen molar-refractivity contribution in [2.75, 3.05) is 13.2 Å². The topological polar surface area (TPSA) is 58.6 Å². The molecule has 0 aliphatic heterocycles. The molecular formula is C13H16F3NO3. The Morgan fingerprint density at radius 2 is 1.95 bits per heavy atom. The summed E-state index contributed by atoms with van der Waals surface area (Å²) < 4.78 is 40.6. The Kier molecular flexibility index (Phi) is 5.82. The van der Waals surface area contributed by atoms with E-state index in [0.717, 1.165) is 0 Å². The standard InChI is InChI=1S/C13H16F3NO3/c1-2-11(18)9-3-5-10(6-4-9)20-7-12(19)17-8-13(14,15)16/h3-6,11,18H,2,7-8H2,1H3,(H,17,19)/t11-/m0/s1. The van der Waals surface area contributed by atoms with Crippen molar-refractivity contribution in [3.63, 3.8) is 0 Å². The third-order valence-corrected chi connectivity index (χ3v) is 2.51. The third kappa shape index (κ3) is 5.92. The van der Waals surface area contributed by atoms with E-state index in [1.165, 1.54) is 0 Å². The van der Waals surface area contributed by atoms with E-state index in [4.69, 9.17) is 4.74 Å². The highest BCUT2D eigenvalue weighted by molar-refractivity contribution is 5.77. The largest absolute Gasteiger partial charge is 0.484 e. The first-order valence-corrected chi connectivity index (χ1v) is 6.06. The SMILES string of the molecule is CC[C@H](O)c1ccc(OCC(=O)NCC(F)(F)F)cc1. The number of hydrogen-bond donors (Lipinski definition) is 2. The van der Waals surface area contributed by atoms with Crippen LogP contribution in [-0.4, -0.2) is 30.3 Å². The summed E-state index contributed by atoms with van der Waals surface area (Å²) in [6.45, 7) is -0.0390. The van der Waals surface area contributed by atoms with Crippen LogP contribution in [0.2, 0.25) is 0 Å². The van der Waals surface area contributed by atoms with Gasteiger partial charge >= 0.3 is 6.18 Å². The van der Waals surface area contributed by atoms with Crippen LogP contribution in [0.5, 0.6) is 5.75 Å². The number of benzene rings is 1. The van der Waals surface area contributed by atoms with E-state index in [1.54, 1.807) is 29.6 Å². The smallest absolute Gasteiger partial charge is 0.405 e. The highest BCUT2D eigenvalue weighted by Gasteiger charge is 2.27. The zero-order valence-corrected chi connectivity index (χ0v) is 10.9. The van der Waals surface area contributed by atoms with Gasteiger partial charge in [-0.15, -0.1) is 0 Å². The van der Waals surface area contributed by atoms with Crippen molar-refractivity contribution in [1.29, 1.82) is 0 Å². The maximum atomic E-state index is 11.9. The number of alkyl halides is 3. The Labute approximate surface area is 114 Å². The van der Waals surface area contributed by atoms with Crippen molar-refractivity contribution in [3.8, 4) is 5.75 Å². The molecule has 0 fully saturated rings. The van der Waals surface area contributed by atoms with Gasteiger partial charge in [-0.05, 0) is 24.1 Å². The Balaban J connectivity index is 2.40. The van der Waals surface area contributed by atoms with E-state index >= 15 is 0 Å². The van der Waals surface area contributed by atoms with Crippen LogP contribution in [-0.2, 0) is 4.79 Å². The molecule has 0 heterocycles. The average Bonchev–Trinajstić information content (AvgIpc) is 2.41. The summed E-state index contributed by atoms with van der Waals surface area (Å²) in [5.74, 6) is -0.501. The number of hydrogen-bond acceptors (Lipinski definition) is 3. The maximum absolute atomic E-state index is 11.9. The predicted octanol–water partition coefficient (Wildman–Crippen LogP) is 2.19. The number of carbonyl (C=O) groups is 1. The summed E-state index contributed by atoms with van der Waals surface area (Å²) in [5.41, 5.74) is 0.710. The molecule has 0 saturated carbocycles. The summed E-state index contributed by atoms with van der Waals surface area (Å²) in [6.07, 6.45) is -4.44. The number of halogens is 3. The van der Waals surface area contributed by atoms with E-state index in [2.05, 4.69) is 0 Å². The molecule has 20 heavy (non-hydrogen) atoms. The number of amides is 1. The lowest BCUT2D eigenvalue weighted by atomic mass is 10.1. The molecule has 1 aromatic carbocycles. The van der Waals surface area contributed by atoms with Crippen molar-refractivity contribution >= 4 is 5.91 Å². The molecular weight excluding hydrogens is 275 g/mol. The minimum atomic E-state index is -4.44. The van der Waals surface area contributed by atoms with E-state index in [1.807, 2.05) is 6.92 Å². The van der Waals surface area contributed by atoms with Crippen LogP contribution in [0.25, 0.3) is 0 Å². The van der Waals surface area contributed by atoms with Gasteiger partial charge in [-0.1, -0.05) is 19.1 Å². The van der Waals surface area contributed by atoms with E-state index in [-0.39, 0.29) is 0 Å². The van der Waals surface area contributed by atoms with Crippen LogP contribution in [0, 0.1) is 0 Å². The quantitative estimate of drug-likeness (QED) is 0.844. The Hall–Kier alpha value is -1.76. The van der Waals surface area contributed by atoms with Crippen molar-refractivity contribution in [2.24, 2.45) is 0 Å². The lowest BCUT2D eigenvalue weighted by Crippen LogP contribution is -2.36. The monoisotopic (exact) mass is 291 g/mol. The highest BCUT2D eigenvalue weighted by atomic mass is 19.4. The van der Waals surface area contributed by atoms with Gasteiger partial charge < -0.3 is 15.2 Å². The van der Waals surface area contributed by atoms with E-state index in [9.17, 15) is 23.1 Å². The summed E-state index contributed by atoms with van der Waals surface area (Å²) in [5, 5.41) is 11.3. The van der Waals surface area contributed by atoms with E-state index < -0.39 is 31.3 Å². The molecule has 0 spiro atoms. The van der Waals surface area contributed by atoms with Gasteiger partial charge in [-0.3, -0.25) is 4.79 Å². The minimum absolute atomic E-state index is 0.346. The minimum Gasteiger partial charge on any atom is -0.484 e. The van der Waals surface area contributed by atoms with Gasteiger partial charge in [0, 0.05) is 0 Å². The van der Waals surface area contributed by atoms with Gasteiger partial charge in [-0.2, -0.15) is 13.2 Å². The number of nitrogens with one attached hydrogen (secondary N) is 1. The van der Waals surface area contributed by atoms with Gasteiger partial charge in [0.15, 0.2) is 6.61 Å². The van der Waals surface area contributed by atoms with Crippen molar-refractivity contribution < 1.29 is 27.8 Å². The zero-order valence-electron chi connectivity index (χ0n) is 10.9. The zero-order chi connectivity index (χ0) is 15.2. The molecule has 1 rings (SSSR count). The summed E-state index contributed by atoms with van der Waals surface area (Å²) >= 11 is 0. The molecule has 112 valence electrons. The molecule has 0 aromatic heterocycles. The van der Waals surface area contributed by atoms with Crippen LogP contribution < -0.4 is 10.1 Å². The first-order chi connectivity index (χ1) is 9.31. The fraction of sp³-hybridized carbons (Fsp3) is 0.462. The molecule has 0 aliphatic rings. The molecule has 7 heteroatoms. The summed E-state index contributed by atoms with van der Waals surface area (Å²) in [6, 6.07) is 6.37. The lowest BCUT2D eigenvalue weighted by Gasteiger charge is -2.11. The molecule has 4 nitrogen and oxygen atoms in total. The predicted molar refractivity (Wildman–Crippen MR) is 66.3 cm³/mol. The van der Waals surface area contributed by atoms with Crippen molar-refractivity contribution in [3.05, 3.63) is 29.8 Å². The first kappa shape index (κ1) is 16.3. The normalized spacial score (nSPS) is 12.8. The fourth-order valence-corrected chi connectivity index (χ4v) is 1.42. The van der Waals surface area contributed by atoms with Gasteiger partial charge in [0.1, 0.15) is 12.3 Å². The van der Waals surface area contributed by atoms with E-state index in [0.29, 0.717) is 17.7 Å². The molecule has 0 bridgehead atoms. The van der Waals surface area contributed by atoms with Gasteiger partial charge in [0.2, 0.25) is 0 Å². The number of aliphatic hydroxyl groups is 1. The van der Waals surface area contributed by atoms with Crippen LogP contribution in [0.1, 0.15) is 25.0 Å².